The first-order valence-electron chi connectivity index (χ1n) is 4.26. The molecule has 0 radical (unpaired) electrons. The average molecular weight is 187 g/mol. The summed E-state index contributed by atoms with van der Waals surface area (Å²) in [5, 5.41) is 7.56. The second-order valence-corrected chi connectivity index (χ2v) is 3.11. The van der Waals surface area contributed by atoms with E-state index in [1.54, 1.807) is 6.92 Å². The van der Waals surface area contributed by atoms with Gasteiger partial charge in [-0.25, -0.2) is 4.79 Å². The Morgan fingerprint density at radius 1 is 1.08 bits per heavy atom. The van der Waals surface area contributed by atoms with E-state index in [1.165, 1.54) is 7.05 Å². The van der Waals surface area contributed by atoms with Gasteiger partial charge in [0, 0.05) is 13.1 Å². The lowest BCUT2D eigenvalue weighted by molar-refractivity contribution is -0.122. The Bertz CT molecular complexity index is 192. The molecule has 5 heteroatoms. The Hall–Kier alpha value is -1.26. The predicted molar refractivity (Wildman–Crippen MR) is 50.3 cm³/mol. The maximum Gasteiger partial charge on any atom is 0.315 e. The van der Waals surface area contributed by atoms with Crippen LogP contribution in [-0.4, -0.2) is 31.1 Å². The molecular weight excluding hydrogens is 170 g/mol. The molecule has 0 saturated heterocycles. The van der Waals surface area contributed by atoms with Crippen LogP contribution < -0.4 is 16.0 Å². The zero-order chi connectivity index (χ0) is 10.4. The lowest BCUT2D eigenvalue weighted by Crippen LogP contribution is -2.49. The first-order valence-corrected chi connectivity index (χ1v) is 4.26. The highest BCUT2D eigenvalue weighted by Crippen LogP contribution is 1.82. The van der Waals surface area contributed by atoms with Crippen molar-refractivity contribution in [3.8, 4) is 0 Å². The van der Waals surface area contributed by atoms with E-state index in [0.717, 1.165) is 0 Å². The van der Waals surface area contributed by atoms with E-state index < -0.39 is 6.04 Å². The van der Waals surface area contributed by atoms with Crippen molar-refractivity contribution in [1.82, 2.24) is 16.0 Å². The molecule has 13 heavy (non-hydrogen) atoms. The Balaban J connectivity index is 3.85. The fraction of sp³-hybridized carbons (Fsp3) is 0.750. The Morgan fingerprint density at radius 2 is 1.62 bits per heavy atom. The molecule has 1 atom stereocenters. The van der Waals surface area contributed by atoms with E-state index in [4.69, 9.17) is 0 Å². The van der Waals surface area contributed by atoms with Crippen LogP contribution in [0.4, 0.5) is 4.79 Å². The molecule has 5 nitrogen and oxygen atoms in total. The van der Waals surface area contributed by atoms with Crippen molar-refractivity contribution in [2.45, 2.75) is 32.9 Å². The molecule has 3 N–H and O–H groups in total. The summed E-state index contributed by atoms with van der Waals surface area (Å²) in [6, 6.07) is -0.772. The quantitative estimate of drug-likeness (QED) is 0.574. The summed E-state index contributed by atoms with van der Waals surface area (Å²) in [7, 11) is 1.53. The van der Waals surface area contributed by atoms with Crippen molar-refractivity contribution in [2.24, 2.45) is 0 Å². The van der Waals surface area contributed by atoms with Gasteiger partial charge in [0.25, 0.3) is 0 Å². The molecule has 76 valence electrons. The van der Waals surface area contributed by atoms with Crippen molar-refractivity contribution in [3.05, 3.63) is 0 Å². The summed E-state index contributed by atoms with van der Waals surface area (Å²) in [5.41, 5.74) is 0. The number of carbonyl (C=O) groups excluding carboxylic acids is 2. The number of amides is 3. The monoisotopic (exact) mass is 187 g/mol. The van der Waals surface area contributed by atoms with Crippen molar-refractivity contribution in [2.75, 3.05) is 7.05 Å². The first kappa shape index (κ1) is 11.7. The van der Waals surface area contributed by atoms with E-state index in [1.807, 2.05) is 13.8 Å². The van der Waals surface area contributed by atoms with Gasteiger partial charge in [-0.05, 0) is 20.8 Å². The van der Waals surface area contributed by atoms with Gasteiger partial charge in [-0.15, -0.1) is 0 Å². The minimum Gasteiger partial charge on any atom is -0.357 e. The van der Waals surface area contributed by atoms with Gasteiger partial charge in [0.05, 0.1) is 0 Å². The summed E-state index contributed by atoms with van der Waals surface area (Å²) in [6.07, 6.45) is 0. The van der Waals surface area contributed by atoms with Crippen LogP contribution in [0.15, 0.2) is 0 Å². The second kappa shape index (κ2) is 5.40. The SMILES string of the molecule is CNC(=O)[C@H](C)NC(=O)NC(C)C. The van der Waals surface area contributed by atoms with E-state index >= 15 is 0 Å². The van der Waals surface area contributed by atoms with Crippen LogP contribution in [0.25, 0.3) is 0 Å². The minimum atomic E-state index is -0.510. The van der Waals surface area contributed by atoms with Gasteiger partial charge in [-0.2, -0.15) is 0 Å². The summed E-state index contributed by atoms with van der Waals surface area (Å²) < 4.78 is 0. The van der Waals surface area contributed by atoms with Gasteiger partial charge in [-0.3, -0.25) is 4.79 Å². The van der Waals surface area contributed by atoms with E-state index in [9.17, 15) is 9.59 Å². The zero-order valence-electron chi connectivity index (χ0n) is 8.47. The van der Waals surface area contributed by atoms with Crippen LogP contribution in [-0.2, 0) is 4.79 Å². The number of hydrogen-bond acceptors (Lipinski definition) is 2. The van der Waals surface area contributed by atoms with Gasteiger partial charge in [-0.1, -0.05) is 0 Å². The largest absolute Gasteiger partial charge is 0.357 e. The Labute approximate surface area is 78.3 Å². The number of rotatable bonds is 3. The fourth-order valence-corrected chi connectivity index (χ4v) is 0.783. The lowest BCUT2D eigenvalue weighted by Gasteiger charge is -2.14. The van der Waals surface area contributed by atoms with Crippen LogP contribution in [0.2, 0.25) is 0 Å². The van der Waals surface area contributed by atoms with E-state index in [0.29, 0.717) is 0 Å². The number of carbonyl (C=O) groups is 2. The molecule has 0 heterocycles. The number of urea groups is 1. The molecule has 0 saturated carbocycles. The molecule has 0 bridgehead atoms. The zero-order valence-corrected chi connectivity index (χ0v) is 8.47. The van der Waals surface area contributed by atoms with Gasteiger partial charge in [0.15, 0.2) is 0 Å². The molecule has 0 spiro atoms. The standard InChI is InChI=1S/C8H17N3O2/c1-5(2)10-8(13)11-6(3)7(12)9-4/h5-6H,1-4H3,(H,9,12)(H2,10,11,13)/t6-/m0/s1. The molecular formula is C8H17N3O2. The lowest BCUT2D eigenvalue weighted by atomic mass is 10.3. The van der Waals surface area contributed by atoms with Crippen LogP contribution in [0.3, 0.4) is 0 Å². The van der Waals surface area contributed by atoms with Gasteiger partial charge >= 0.3 is 6.03 Å². The van der Waals surface area contributed by atoms with Crippen molar-refractivity contribution < 1.29 is 9.59 Å². The minimum absolute atomic E-state index is 0.0666. The Morgan fingerprint density at radius 3 is 2.00 bits per heavy atom. The van der Waals surface area contributed by atoms with Crippen LogP contribution in [0.1, 0.15) is 20.8 Å². The van der Waals surface area contributed by atoms with E-state index in [2.05, 4.69) is 16.0 Å². The van der Waals surface area contributed by atoms with Gasteiger partial charge in [0.1, 0.15) is 6.04 Å². The fourth-order valence-electron chi connectivity index (χ4n) is 0.783. The molecule has 0 aromatic heterocycles. The molecule has 0 rings (SSSR count). The highest BCUT2D eigenvalue weighted by Gasteiger charge is 2.13. The molecule has 0 aliphatic rings. The molecule has 0 aromatic rings. The normalized spacial score (nSPS) is 12.1. The molecule has 0 fully saturated rings. The summed E-state index contributed by atoms with van der Waals surface area (Å²) in [6.45, 7) is 5.33. The summed E-state index contributed by atoms with van der Waals surface area (Å²) >= 11 is 0. The number of hydrogen-bond donors (Lipinski definition) is 3. The summed E-state index contributed by atoms with van der Waals surface area (Å²) in [5.74, 6) is -0.209. The van der Waals surface area contributed by atoms with E-state index in [-0.39, 0.29) is 18.0 Å². The molecule has 0 aromatic carbocycles. The third-order valence-corrected chi connectivity index (χ3v) is 1.41. The maximum absolute atomic E-state index is 11.1. The average Bonchev–Trinajstić information content (AvgIpc) is 2.01. The topological polar surface area (TPSA) is 70.2 Å². The maximum atomic E-state index is 11.1. The Kier molecular flexibility index (Phi) is 4.87. The third kappa shape index (κ3) is 5.05. The highest BCUT2D eigenvalue weighted by molar-refractivity contribution is 5.86. The third-order valence-electron chi connectivity index (χ3n) is 1.41. The van der Waals surface area contributed by atoms with Crippen LogP contribution in [0.5, 0.6) is 0 Å². The molecule has 0 aliphatic heterocycles. The van der Waals surface area contributed by atoms with Crippen LogP contribution >= 0.6 is 0 Å². The molecule has 3 amide bonds. The van der Waals surface area contributed by atoms with Crippen molar-refractivity contribution in [3.63, 3.8) is 0 Å². The second-order valence-electron chi connectivity index (χ2n) is 3.11. The number of likely N-dealkylation sites (N-methyl/N-ethyl adjacent to an activating group) is 1. The predicted octanol–water partition coefficient (Wildman–Crippen LogP) is -0.171. The smallest absolute Gasteiger partial charge is 0.315 e. The summed E-state index contributed by atoms with van der Waals surface area (Å²) in [4.78, 5) is 22.1. The molecule has 0 unspecified atom stereocenters. The highest BCUT2D eigenvalue weighted by atomic mass is 16.2. The van der Waals surface area contributed by atoms with Crippen molar-refractivity contribution >= 4 is 11.9 Å². The number of nitrogens with one attached hydrogen (secondary N) is 3. The van der Waals surface area contributed by atoms with Crippen molar-refractivity contribution in [1.29, 1.82) is 0 Å². The van der Waals surface area contributed by atoms with Crippen LogP contribution in [0, 0.1) is 0 Å². The van der Waals surface area contributed by atoms with Gasteiger partial charge in [0.2, 0.25) is 5.91 Å². The van der Waals surface area contributed by atoms with Gasteiger partial charge < -0.3 is 16.0 Å². The molecule has 0 aliphatic carbocycles. The first-order chi connectivity index (χ1) is 5.97.